The summed E-state index contributed by atoms with van der Waals surface area (Å²) >= 11 is 0. The third-order valence-corrected chi connectivity index (χ3v) is 6.89. The zero-order valence-electron chi connectivity index (χ0n) is 17.8. The van der Waals surface area contributed by atoms with E-state index in [1.165, 1.54) is 0 Å². The van der Waals surface area contributed by atoms with E-state index in [9.17, 15) is 14.4 Å². The SMILES string of the molecule is Cc1ccccc1NC(=O)[C@@H]1CC(=O)N(c2ccc3c(c2)CCN3C(=O)C2CCC2)C1. The fourth-order valence-electron chi connectivity index (χ4n) is 4.74. The predicted octanol–water partition coefficient (Wildman–Crippen LogP) is 3.68. The highest BCUT2D eigenvalue weighted by Gasteiger charge is 2.37. The van der Waals surface area contributed by atoms with Gasteiger partial charge in [-0.25, -0.2) is 0 Å². The summed E-state index contributed by atoms with van der Waals surface area (Å²) in [7, 11) is 0. The standard InChI is InChI=1S/C25H27N3O3/c1-16-5-2-3-8-21(16)26-24(30)19-14-23(29)28(15-19)20-9-10-22-18(13-20)11-12-27(22)25(31)17-6-4-7-17/h2-3,5,8-10,13,17,19H,4,6-7,11-12,14-15H2,1H3,(H,26,30)/t19-/m1/s1. The van der Waals surface area contributed by atoms with Gasteiger partial charge in [-0.05, 0) is 61.6 Å². The molecule has 2 aromatic rings. The smallest absolute Gasteiger partial charge is 0.230 e. The fraction of sp³-hybridized carbons (Fsp3) is 0.400. The number of carbonyl (C=O) groups excluding carboxylic acids is 3. The normalized spacial score (nSPS) is 20.5. The molecule has 6 nitrogen and oxygen atoms in total. The molecule has 1 N–H and O–H groups in total. The third kappa shape index (κ3) is 3.60. The highest BCUT2D eigenvalue weighted by atomic mass is 16.2. The number of para-hydroxylation sites is 1. The summed E-state index contributed by atoms with van der Waals surface area (Å²) in [6.07, 6.45) is 4.15. The number of hydrogen-bond donors (Lipinski definition) is 1. The topological polar surface area (TPSA) is 69.7 Å². The Kier molecular flexibility index (Phi) is 5.00. The number of amides is 3. The molecule has 1 atom stereocenters. The van der Waals surface area contributed by atoms with Gasteiger partial charge in [0.1, 0.15) is 0 Å². The van der Waals surface area contributed by atoms with Crippen molar-refractivity contribution in [2.45, 2.75) is 39.0 Å². The molecule has 0 aromatic heterocycles. The molecule has 2 aliphatic heterocycles. The first-order valence-electron chi connectivity index (χ1n) is 11.1. The van der Waals surface area contributed by atoms with E-state index < -0.39 is 0 Å². The lowest BCUT2D eigenvalue weighted by molar-refractivity contribution is -0.124. The molecule has 0 bridgehead atoms. The third-order valence-electron chi connectivity index (χ3n) is 6.89. The molecule has 6 heteroatoms. The quantitative estimate of drug-likeness (QED) is 0.825. The van der Waals surface area contributed by atoms with Crippen LogP contribution in [0.25, 0.3) is 0 Å². The van der Waals surface area contributed by atoms with Crippen LogP contribution >= 0.6 is 0 Å². The second-order valence-corrected chi connectivity index (χ2v) is 8.89. The Morgan fingerprint density at radius 3 is 2.61 bits per heavy atom. The van der Waals surface area contributed by atoms with Crippen molar-refractivity contribution in [3.8, 4) is 0 Å². The molecular formula is C25H27N3O3. The largest absolute Gasteiger partial charge is 0.326 e. The molecule has 1 saturated heterocycles. The Bertz CT molecular complexity index is 1060. The molecule has 0 radical (unpaired) electrons. The molecule has 1 aliphatic carbocycles. The molecule has 5 rings (SSSR count). The number of rotatable bonds is 4. The first-order chi connectivity index (χ1) is 15.0. The van der Waals surface area contributed by atoms with Gasteiger partial charge in [0.25, 0.3) is 0 Å². The number of fused-ring (bicyclic) bond motifs is 1. The number of carbonyl (C=O) groups is 3. The predicted molar refractivity (Wildman–Crippen MR) is 120 cm³/mol. The van der Waals surface area contributed by atoms with Crippen LogP contribution in [-0.2, 0) is 20.8 Å². The summed E-state index contributed by atoms with van der Waals surface area (Å²) in [5.74, 6) is -0.118. The Labute approximate surface area is 182 Å². The minimum absolute atomic E-state index is 0.0368. The van der Waals surface area contributed by atoms with Crippen LogP contribution in [0.3, 0.4) is 0 Å². The van der Waals surface area contributed by atoms with E-state index in [1.54, 1.807) is 4.90 Å². The van der Waals surface area contributed by atoms with Crippen LogP contribution in [0.1, 0.15) is 36.8 Å². The van der Waals surface area contributed by atoms with Crippen molar-refractivity contribution in [1.29, 1.82) is 0 Å². The summed E-state index contributed by atoms with van der Waals surface area (Å²) in [4.78, 5) is 41.8. The zero-order valence-corrected chi connectivity index (χ0v) is 17.8. The Balaban J connectivity index is 1.29. The summed E-state index contributed by atoms with van der Waals surface area (Å²) in [6, 6.07) is 13.5. The van der Waals surface area contributed by atoms with Gasteiger partial charge in [-0.1, -0.05) is 24.6 Å². The van der Waals surface area contributed by atoms with Crippen molar-refractivity contribution in [3.63, 3.8) is 0 Å². The number of nitrogens with zero attached hydrogens (tertiary/aromatic N) is 2. The van der Waals surface area contributed by atoms with Gasteiger partial charge in [-0.15, -0.1) is 0 Å². The maximum atomic E-state index is 12.8. The summed E-state index contributed by atoms with van der Waals surface area (Å²) < 4.78 is 0. The van der Waals surface area contributed by atoms with E-state index in [2.05, 4.69) is 5.32 Å². The van der Waals surface area contributed by atoms with Gasteiger partial charge in [0.2, 0.25) is 17.7 Å². The highest BCUT2D eigenvalue weighted by Crippen LogP contribution is 2.37. The number of nitrogens with one attached hydrogen (secondary N) is 1. The van der Waals surface area contributed by atoms with Crippen LogP contribution in [0.2, 0.25) is 0 Å². The van der Waals surface area contributed by atoms with Gasteiger partial charge in [-0.2, -0.15) is 0 Å². The number of benzene rings is 2. The van der Waals surface area contributed by atoms with E-state index in [1.807, 2.05) is 54.3 Å². The van der Waals surface area contributed by atoms with Crippen LogP contribution < -0.4 is 15.1 Å². The van der Waals surface area contributed by atoms with E-state index in [0.29, 0.717) is 13.1 Å². The average molecular weight is 418 g/mol. The zero-order chi connectivity index (χ0) is 21.5. The van der Waals surface area contributed by atoms with Gasteiger partial charge in [-0.3, -0.25) is 14.4 Å². The number of aryl methyl sites for hydroxylation is 1. The molecule has 3 amide bonds. The molecule has 1 saturated carbocycles. The van der Waals surface area contributed by atoms with Crippen molar-refractivity contribution >= 4 is 34.8 Å². The lowest BCUT2D eigenvalue weighted by Gasteiger charge is -2.29. The minimum Gasteiger partial charge on any atom is -0.326 e. The second-order valence-electron chi connectivity index (χ2n) is 8.89. The van der Waals surface area contributed by atoms with Gasteiger partial charge < -0.3 is 15.1 Å². The van der Waals surface area contributed by atoms with Crippen molar-refractivity contribution < 1.29 is 14.4 Å². The molecule has 2 heterocycles. The molecule has 0 unspecified atom stereocenters. The van der Waals surface area contributed by atoms with Crippen LogP contribution in [0.5, 0.6) is 0 Å². The molecule has 2 aromatic carbocycles. The Morgan fingerprint density at radius 1 is 1.06 bits per heavy atom. The molecular weight excluding hydrogens is 390 g/mol. The second kappa shape index (κ2) is 7.84. The first-order valence-corrected chi connectivity index (χ1v) is 11.1. The molecule has 3 aliphatic rings. The van der Waals surface area contributed by atoms with Crippen molar-refractivity contribution in [1.82, 2.24) is 0 Å². The average Bonchev–Trinajstić information content (AvgIpc) is 3.31. The van der Waals surface area contributed by atoms with E-state index >= 15 is 0 Å². The van der Waals surface area contributed by atoms with E-state index in [4.69, 9.17) is 0 Å². The summed E-state index contributed by atoms with van der Waals surface area (Å²) in [6.45, 7) is 3.04. The molecule has 2 fully saturated rings. The monoisotopic (exact) mass is 417 g/mol. The molecule has 0 spiro atoms. The summed E-state index contributed by atoms with van der Waals surface area (Å²) in [5, 5.41) is 2.96. The van der Waals surface area contributed by atoms with Crippen LogP contribution in [0.4, 0.5) is 17.1 Å². The fourth-order valence-corrected chi connectivity index (χ4v) is 4.74. The first kappa shape index (κ1) is 19.8. The van der Waals surface area contributed by atoms with Crippen LogP contribution in [-0.4, -0.2) is 30.8 Å². The maximum absolute atomic E-state index is 12.8. The lowest BCUT2D eigenvalue weighted by atomic mass is 9.84. The Hall–Kier alpha value is -3.15. The lowest BCUT2D eigenvalue weighted by Crippen LogP contribution is -2.37. The number of hydrogen-bond acceptors (Lipinski definition) is 3. The van der Waals surface area contributed by atoms with Gasteiger partial charge in [0.05, 0.1) is 5.92 Å². The van der Waals surface area contributed by atoms with Crippen molar-refractivity contribution in [2.75, 3.05) is 28.2 Å². The van der Waals surface area contributed by atoms with Crippen molar-refractivity contribution in [3.05, 3.63) is 53.6 Å². The van der Waals surface area contributed by atoms with Gasteiger partial charge >= 0.3 is 0 Å². The molecule has 160 valence electrons. The van der Waals surface area contributed by atoms with Gasteiger partial charge in [0.15, 0.2) is 0 Å². The van der Waals surface area contributed by atoms with Gasteiger partial charge in [0, 0.05) is 42.5 Å². The minimum atomic E-state index is -0.378. The molecule has 31 heavy (non-hydrogen) atoms. The highest BCUT2D eigenvalue weighted by molar-refractivity contribution is 6.04. The Morgan fingerprint density at radius 2 is 1.87 bits per heavy atom. The van der Waals surface area contributed by atoms with Crippen LogP contribution in [0.15, 0.2) is 42.5 Å². The maximum Gasteiger partial charge on any atom is 0.230 e. The van der Waals surface area contributed by atoms with E-state index in [0.717, 1.165) is 53.9 Å². The van der Waals surface area contributed by atoms with Crippen molar-refractivity contribution in [2.24, 2.45) is 11.8 Å². The van der Waals surface area contributed by atoms with E-state index in [-0.39, 0.29) is 36.0 Å². The number of anilines is 3. The van der Waals surface area contributed by atoms with Crippen LogP contribution in [0, 0.1) is 18.8 Å². The summed E-state index contributed by atoms with van der Waals surface area (Å²) in [5.41, 5.74) is 4.67.